The van der Waals surface area contributed by atoms with Crippen LogP contribution < -0.4 is 4.74 Å². The molecule has 0 aliphatic heterocycles. The molecule has 0 spiro atoms. The molecule has 0 aliphatic carbocycles. The Morgan fingerprint density at radius 1 is 0.778 bits per heavy atom. The predicted molar refractivity (Wildman–Crippen MR) is 109 cm³/mol. The van der Waals surface area contributed by atoms with E-state index in [1.165, 1.54) is 0 Å². The lowest BCUT2D eigenvalue weighted by Crippen LogP contribution is -2.08. The maximum atomic E-state index is 5.75. The van der Waals surface area contributed by atoms with E-state index < -0.39 is 0 Å². The molecule has 0 fully saturated rings. The van der Waals surface area contributed by atoms with Gasteiger partial charge in [0.25, 0.3) is 0 Å². The van der Waals surface area contributed by atoms with Gasteiger partial charge in [0.2, 0.25) is 0 Å². The summed E-state index contributed by atoms with van der Waals surface area (Å²) in [6.45, 7) is 5.24. The van der Waals surface area contributed by atoms with Gasteiger partial charge in [-0.25, -0.2) is 0 Å². The fourth-order valence-electron chi connectivity index (χ4n) is 2.51. The van der Waals surface area contributed by atoms with Crippen LogP contribution >= 0.6 is 0 Å². The first kappa shape index (κ1) is 21.0. The monoisotopic (exact) mass is 370 g/mol. The summed E-state index contributed by atoms with van der Waals surface area (Å²) >= 11 is 0. The van der Waals surface area contributed by atoms with E-state index in [1.54, 1.807) is 13.4 Å². The minimum atomic E-state index is 0.501. The Balaban J connectivity index is 1.85. The van der Waals surface area contributed by atoms with Crippen molar-refractivity contribution in [3.8, 4) is 5.75 Å². The van der Waals surface area contributed by atoms with Gasteiger partial charge in [-0.1, -0.05) is 55.8 Å². The largest absolute Gasteiger partial charge is 0.498 e. The van der Waals surface area contributed by atoms with Crippen LogP contribution in [-0.2, 0) is 14.2 Å². The molecule has 4 heteroatoms. The minimum absolute atomic E-state index is 0.501. The molecular formula is C23H30O4. The van der Waals surface area contributed by atoms with E-state index in [2.05, 4.69) is 19.1 Å². The van der Waals surface area contributed by atoms with Crippen molar-refractivity contribution in [2.45, 2.75) is 19.8 Å². The summed E-state index contributed by atoms with van der Waals surface area (Å²) in [5, 5.41) is 0. The molecule has 0 aliphatic rings. The molecule has 2 rings (SSSR count). The molecule has 0 saturated heterocycles. The SMILES string of the molecule is CCCCOCCOCCOC=C(c1ccccc1)c1ccc(OC)cc1. The summed E-state index contributed by atoms with van der Waals surface area (Å²) < 4.78 is 22.0. The standard InChI is InChI=1S/C23H30O4/c1-3-4-14-25-15-16-26-17-18-27-19-23(20-8-6-5-7-9-20)21-10-12-22(24-2)13-11-21/h5-13,19H,3-4,14-18H2,1-2H3. The van der Waals surface area contributed by atoms with Gasteiger partial charge in [0.05, 0.1) is 33.2 Å². The van der Waals surface area contributed by atoms with E-state index in [9.17, 15) is 0 Å². The van der Waals surface area contributed by atoms with Crippen molar-refractivity contribution in [2.75, 3.05) is 40.1 Å². The Morgan fingerprint density at radius 3 is 2.07 bits per heavy atom. The average molecular weight is 370 g/mol. The second-order valence-corrected chi connectivity index (χ2v) is 6.08. The molecular weight excluding hydrogens is 340 g/mol. The van der Waals surface area contributed by atoms with Gasteiger partial charge >= 0.3 is 0 Å². The summed E-state index contributed by atoms with van der Waals surface area (Å²) in [6, 6.07) is 18.2. The Morgan fingerprint density at radius 2 is 1.41 bits per heavy atom. The highest BCUT2D eigenvalue weighted by Crippen LogP contribution is 2.25. The number of methoxy groups -OCH3 is 1. The van der Waals surface area contributed by atoms with E-state index in [0.717, 1.165) is 41.9 Å². The van der Waals surface area contributed by atoms with Gasteiger partial charge in [-0.2, -0.15) is 0 Å². The number of rotatable bonds is 13. The van der Waals surface area contributed by atoms with Crippen LogP contribution in [0.4, 0.5) is 0 Å². The van der Waals surface area contributed by atoms with Crippen LogP contribution in [0.25, 0.3) is 5.57 Å². The zero-order valence-corrected chi connectivity index (χ0v) is 16.4. The van der Waals surface area contributed by atoms with E-state index >= 15 is 0 Å². The zero-order chi connectivity index (χ0) is 19.2. The second kappa shape index (κ2) is 13.0. The third-order valence-corrected chi connectivity index (χ3v) is 4.05. The average Bonchev–Trinajstić information content (AvgIpc) is 2.73. The van der Waals surface area contributed by atoms with Crippen molar-refractivity contribution in [3.63, 3.8) is 0 Å². The lowest BCUT2D eigenvalue weighted by atomic mass is 9.99. The Labute approximate surface area is 162 Å². The highest BCUT2D eigenvalue weighted by Gasteiger charge is 2.06. The zero-order valence-electron chi connectivity index (χ0n) is 16.4. The number of benzene rings is 2. The normalized spacial score (nSPS) is 11.4. The molecule has 2 aromatic rings. The fourth-order valence-corrected chi connectivity index (χ4v) is 2.51. The van der Waals surface area contributed by atoms with E-state index in [4.69, 9.17) is 18.9 Å². The Bertz CT molecular complexity index is 650. The van der Waals surface area contributed by atoms with Gasteiger partial charge in [0.1, 0.15) is 12.4 Å². The molecule has 0 saturated carbocycles. The molecule has 4 nitrogen and oxygen atoms in total. The van der Waals surface area contributed by atoms with Crippen LogP contribution in [0, 0.1) is 0 Å². The van der Waals surface area contributed by atoms with Crippen molar-refractivity contribution in [1.29, 1.82) is 0 Å². The lowest BCUT2D eigenvalue weighted by Gasteiger charge is -2.10. The molecule has 0 amide bonds. The van der Waals surface area contributed by atoms with Crippen LogP contribution in [0.15, 0.2) is 60.9 Å². The predicted octanol–water partition coefficient (Wildman–Crippen LogP) is 4.93. The smallest absolute Gasteiger partial charge is 0.118 e. The van der Waals surface area contributed by atoms with Crippen LogP contribution in [0.1, 0.15) is 30.9 Å². The van der Waals surface area contributed by atoms with E-state index in [1.807, 2.05) is 42.5 Å². The summed E-state index contributed by atoms with van der Waals surface area (Å²) in [5.74, 6) is 0.835. The van der Waals surface area contributed by atoms with Crippen LogP contribution in [0.3, 0.4) is 0 Å². The first-order chi connectivity index (χ1) is 13.3. The topological polar surface area (TPSA) is 36.9 Å². The quantitative estimate of drug-likeness (QED) is 0.370. The molecule has 0 bridgehead atoms. The highest BCUT2D eigenvalue weighted by molar-refractivity contribution is 5.79. The summed E-state index contributed by atoms with van der Waals surface area (Å²) in [4.78, 5) is 0. The summed E-state index contributed by atoms with van der Waals surface area (Å²) in [6.07, 6.45) is 4.05. The maximum absolute atomic E-state index is 5.75. The van der Waals surface area contributed by atoms with Crippen molar-refractivity contribution >= 4 is 5.57 Å². The summed E-state index contributed by atoms with van der Waals surface area (Å²) in [7, 11) is 1.67. The molecule has 0 aromatic heterocycles. The van der Waals surface area contributed by atoms with E-state index in [-0.39, 0.29) is 0 Å². The molecule has 0 unspecified atom stereocenters. The molecule has 27 heavy (non-hydrogen) atoms. The number of ether oxygens (including phenoxy) is 4. The van der Waals surface area contributed by atoms with Gasteiger partial charge in [-0.15, -0.1) is 0 Å². The van der Waals surface area contributed by atoms with E-state index in [0.29, 0.717) is 26.4 Å². The van der Waals surface area contributed by atoms with Crippen LogP contribution in [-0.4, -0.2) is 40.1 Å². The third kappa shape index (κ3) is 7.85. The Hall–Kier alpha value is -2.30. The van der Waals surface area contributed by atoms with Crippen molar-refractivity contribution in [2.24, 2.45) is 0 Å². The lowest BCUT2D eigenvalue weighted by molar-refractivity contribution is 0.0300. The number of hydrogen-bond donors (Lipinski definition) is 0. The first-order valence-electron chi connectivity index (χ1n) is 9.52. The molecule has 0 N–H and O–H groups in total. The summed E-state index contributed by atoms with van der Waals surface area (Å²) in [5.41, 5.74) is 3.21. The van der Waals surface area contributed by atoms with Crippen molar-refractivity contribution in [1.82, 2.24) is 0 Å². The number of hydrogen-bond acceptors (Lipinski definition) is 4. The highest BCUT2D eigenvalue weighted by atomic mass is 16.5. The molecule has 146 valence electrons. The minimum Gasteiger partial charge on any atom is -0.498 e. The second-order valence-electron chi connectivity index (χ2n) is 6.08. The van der Waals surface area contributed by atoms with Gasteiger partial charge in [-0.05, 0) is 29.7 Å². The molecule has 0 heterocycles. The van der Waals surface area contributed by atoms with Gasteiger partial charge in [0, 0.05) is 12.2 Å². The first-order valence-corrected chi connectivity index (χ1v) is 9.52. The molecule has 2 aromatic carbocycles. The van der Waals surface area contributed by atoms with Gasteiger partial charge in [-0.3, -0.25) is 0 Å². The number of unbranched alkanes of at least 4 members (excludes halogenated alkanes) is 1. The fraction of sp³-hybridized carbons (Fsp3) is 0.391. The van der Waals surface area contributed by atoms with Crippen LogP contribution in [0.5, 0.6) is 5.75 Å². The molecule has 0 radical (unpaired) electrons. The third-order valence-electron chi connectivity index (χ3n) is 4.05. The van der Waals surface area contributed by atoms with Gasteiger partial charge in [0.15, 0.2) is 0 Å². The van der Waals surface area contributed by atoms with Crippen molar-refractivity contribution in [3.05, 3.63) is 72.0 Å². The maximum Gasteiger partial charge on any atom is 0.118 e. The van der Waals surface area contributed by atoms with Crippen molar-refractivity contribution < 1.29 is 18.9 Å². The van der Waals surface area contributed by atoms with Gasteiger partial charge < -0.3 is 18.9 Å². The molecule has 0 atom stereocenters. The Kier molecular flexibility index (Phi) is 10.1. The van der Waals surface area contributed by atoms with Crippen LogP contribution in [0.2, 0.25) is 0 Å².